The highest BCUT2D eigenvalue weighted by Gasteiger charge is 2.25. The van der Waals surface area contributed by atoms with E-state index in [1.54, 1.807) is 12.1 Å². The fourth-order valence-corrected chi connectivity index (χ4v) is 3.27. The molecule has 158 valence electrons. The van der Waals surface area contributed by atoms with Crippen molar-refractivity contribution >= 4 is 17.4 Å². The van der Waals surface area contributed by atoms with Crippen molar-refractivity contribution in [2.24, 2.45) is 0 Å². The fourth-order valence-electron chi connectivity index (χ4n) is 3.15. The molecule has 1 heterocycles. The van der Waals surface area contributed by atoms with Crippen LogP contribution in [-0.4, -0.2) is 10.8 Å². The summed E-state index contributed by atoms with van der Waals surface area (Å²) in [7, 11) is 0. The molecule has 0 N–H and O–H groups in total. The Hall–Kier alpha value is -2.73. The third-order valence-electron chi connectivity index (χ3n) is 4.63. The number of ether oxygens (including phenoxy) is 1. The molecule has 0 amide bonds. The molecule has 0 aliphatic carbocycles. The topological polar surface area (TPSA) is 52.3 Å². The van der Waals surface area contributed by atoms with Crippen LogP contribution < -0.4 is 4.74 Å². The van der Waals surface area contributed by atoms with Crippen molar-refractivity contribution < 1.29 is 22.7 Å². The monoisotopic (exact) mass is 433 g/mol. The molecule has 1 atom stereocenters. The lowest BCUT2D eigenvalue weighted by atomic mass is 10.1. The number of aromatic nitrogens is 1. The second-order valence-corrected chi connectivity index (χ2v) is 7.32. The number of carbonyl (C=O) groups excluding carboxylic acids is 1. The van der Waals surface area contributed by atoms with Crippen molar-refractivity contribution in [1.29, 1.82) is 0 Å². The van der Waals surface area contributed by atoms with Gasteiger partial charge in [0.15, 0.2) is 23.5 Å². The number of Topliss-reactive ketones (excluding diaryl/α,β-unsaturated/α-hetero) is 1. The molecular formula is C23H22ClF2NO3. The summed E-state index contributed by atoms with van der Waals surface area (Å²) < 4.78 is 40.2. The summed E-state index contributed by atoms with van der Waals surface area (Å²) in [6, 6.07) is 9.42. The van der Waals surface area contributed by atoms with Crippen molar-refractivity contribution in [3.63, 3.8) is 0 Å². The van der Waals surface area contributed by atoms with E-state index in [9.17, 15) is 13.6 Å². The lowest BCUT2D eigenvalue weighted by molar-refractivity contribution is 0.100. The Bertz CT molecular complexity index is 1050. The van der Waals surface area contributed by atoms with Crippen molar-refractivity contribution in [2.75, 3.05) is 0 Å². The molecule has 0 aliphatic rings. The summed E-state index contributed by atoms with van der Waals surface area (Å²) in [5.74, 6) is -1.91. The number of aryl methyl sites for hydroxylation is 1. The normalized spacial score (nSPS) is 12.1. The minimum Gasteiger partial charge on any atom is -0.478 e. The van der Waals surface area contributed by atoms with Gasteiger partial charge in [-0.1, -0.05) is 37.6 Å². The average Bonchev–Trinajstić information content (AvgIpc) is 3.12. The van der Waals surface area contributed by atoms with Gasteiger partial charge >= 0.3 is 0 Å². The summed E-state index contributed by atoms with van der Waals surface area (Å²) in [5, 5.41) is 0.613. The zero-order valence-electron chi connectivity index (χ0n) is 17.0. The molecule has 3 aromatic rings. The summed E-state index contributed by atoms with van der Waals surface area (Å²) in [5.41, 5.74) is 0.900. The molecule has 0 aliphatic heterocycles. The Balaban J connectivity index is 1.98. The first-order valence-electron chi connectivity index (χ1n) is 9.76. The van der Waals surface area contributed by atoms with E-state index in [-0.39, 0.29) is 5.75 Å². The zero-order valence-corrected chi connectivity index (χ0v) is 17.7. The number of carbonyl (C=O) groups is 1. The predicted molar refractivity (Wildman–Crippen MR) is 111 cm³/mol. The van der Waals surface area contributed by atoms with Gasteiger partial charge in [0, 0.05) is 17.0 Å². The van der Waals surface area contributed by atoms with Crippen LogP contribution in [0.25, 0.3) is 11.3 Å². The molecule has 0 bridgehead atoms. The highest BCUT2D eigenvalue weighted by molar-refractivity contribution is 6.30. The van der Waals surface area contributed by atoms with E-state index in [4.69, 9.17) is 20.8 Å². The van der Waals surface area contributed by atoms with Crippen LogP contribution in [0.3, 0.4) is 0 Å². The molecule has 30 heavy (non-hydrogen) atoms. The average molecular weight is 434 g/mol. The number of rotatable bonds is 8. The molecule has 1 unspecified atom stereocenters. The van der Waals surface area contributed by atoms with Gasteiger partial charge in [-0.3, -0.25) is 4.79 Å². The number of hydrogen-bond donors (Lipinski definition) is 0. The highest BCUT2D eigenvalue weighted by Crippen LogP contribution is 2.33. The van der Waals surface area contributed by atoms with Gasteiger partial charge in [-0.05, 0) is 44.0 Å². The third kappa shape index (κ3) is 4.54. The Morgan fingerprint density at radius 1 is 1.17 bits per heavy atom. The number of halogens is 3. The minimum atomic E-state index is -1.03. The van der Waals surface area contributed by atoms with Crippen LogP contribution in [0.15, 0.2) is 40.8 Å². The maximum Gasteiger partial charge on any atom is 0.236 e. The molecule has 3 rings (SSSR count). The highest BCUT2D eigenvalue weighted by atomic mass is 35.5. The molecule has 7 heteroatoms. The lowest BCUT2D eigenvalue weighted by Crippen LogP contribution is -2.10. The lowest BCUT2D eigenvalue weighted by Gasteiger charge is -2.16. The van der Waals surface area contributed by atoms with Crippen LogP contribution in [0.1, 0.15) is 61.7 Å². The van der Waals surface area contributed by atoms with Gasteiger partial charge in [-0.2, -0.15) is 0 Å². The Morgan fingerprint density at radius 2 is 1.87 bits per heavy atom. The Morgan fingerprint density at radius 3 is 2.47 bits per heavy atom. The van der Waals surface area contributed by atoms with Crippen molar-refractivity contribution in [2.45, 2.75) is 46.1 Å². The van der Waals surface area contributed by atoms with E-state index in [0.29, 0.717) is 35.2 Å². The van der Waals surface area contributed by atoms with E-state index in [2.05, 4.69) is 4.98 Å². The Kier molecular flexibility index (Phi) is 6.87. The quantitative estimate of drug-likeness (QED) is 0.360. The second-order valence-electron chi connectivity index (χ2n) is 6.89. The number of hydrogen-bond acceptors (Lipinski definition) is 4. The van der Waals surface area contributed by atoms with E-state index in [1.807, 2.05) is 26.0 Å². The van der Waals surface area contributed by atoms with Gasteiger partial charge in [-0.25, -0.2) is 13.8 Å². The van der Waals surface area contributed by atoms with Gasteiger partial charge in [0.1, 0.15) is 17.3 Å². The van der Waals surface area contributed by atoms with E-state index in [1.165, 1.54) is 0 Å². The SMILES string of the molecule is CCCc1oc(C(CC)Oc2ccc(F)c(C(C)=O)c2F)nc1-c1ccc(Cl)cc1. The number of nitrogens with zero attached hydrogens (tertiary/aromatic N) is 1. The van der Waals surface area contributed by atoms with E-state index in [0.717, 1.165) is 31.0 Å². The first kappa shape index (κ1) is 22.0. The molecule has 4 nitrogen and oxygen atoms in total. The third-order valence-corrected chi connectivity index (χ3v) is 4.88. The van der Waals surface area contributed by atoms with Gasteiger partial charge in [0.2, 0.25) is 5.89 Å². The van der Waals surface area contributed by atoms with Crippen LogP contribution in [0.2, 0.25) is 5.02 Å². The standard InChI is InChI=1S/C23H22ClF2NO3/c1-4-6-19-22(14-7-9-15(24)10-8-14)27-23(30-19)17(5-2)29-18-12-11-16(25)20(13(3)28)21(18)26/h7-12,17H,4-6H2,1-3H3. The van der Waals surface area contributed by atoms with Crippen molar-refractivity contribution in [1.82, 2.24) is 4.98 Å². The number of ketones is 1. The molecule has 0 fully saturated rings. The molecule has 1 aromatic heterocycles. The first-order valence-corrected chi connectivity index (χ1v) is 10.1. The predicted octanol–water partition coefficient (Wildman–Crippen LogP) is 6.96. The van der Waals surface area contributed by atoms with Crippen molar-refractivity contribution in [3.8, 4) is 17.0 Å². The maximum atomic E-state index is 14.7. The molecule has 0 saturated carbocycles. The summed E-state index contributed by atoms with van der Waals surface area (Å²) >= 11 is 5.98. The molecule has 2 aromatic carbocycles. The van der Waals surface area contributed by atoms with E-state index < -0.39 is 29.1 Å². The fraction of sp³-hybridized carbons (Fsp3) is 0.304. The molecular weight excluding hydrogens is 412 g/mol. The van der Waals surface area contributed by atoms with Crippen molar-refractivity contribution in [3.05, 3.63) is 70.3 Å². The maximum absolute atomic E-state index is 14.7. The first-order chi connectivity index (χ1) is 14.3. The largest absolute Gasteiger partial charge is 0.478 e. The molecule has 0 saturated heterocycles. The summed E-state index contributed by atoms with van der Waals surface area (Å²) in [4.78, 5) is 16.2. The summed E-state index contributed by atoms with van der Waals surface area (Å²) in [6.45, 7) is 4.97. The summed E-state index contributed by atoms with van der Waals surface area (Å²) in [6.07, 6.45) is 1.24. The van der Waals surface area contributed by atoms with Gasteiger partial charge in [-0.15, -0.1) is 0 Å². The van der Waals surface area contributed by atoms with E-state index >= 15 is 0 Å². The minimum absolute atomic E-state index is 0.225. The molecule has 0 radical (unpaired) electrons. The molecule has 0 spiro atoms. The number of benzene rings is 2. The van der Waals surface area contributed by atoms with Crippen LogP contribution >= 0.6 is 11.6 Å². The number of oxazole rings is 1. The van der Waals surface area contributed by atoms with Gasteiger partial charge < -0.3 is 9.15 Å². The Labute approximate surface area is 178 Å². The van der Waals surface area contributed by atoms with Crippen LogP contribution in [0.5, 0.6) is 5.75 Å². The smallest absolute Gasteiger partial charge is 0.236 e. The van der Waals surface area contributed by atoms with Gasteiger partial charge in [0.05, 0.1) is 5.56 Å². The zero-order chi connectivity index (χ0) is 21.8. The second kappa shape index (κ2) is 9.39. The van der Waals surface area contributed by atoms with Gasteiger partial charge in [0.25, 0.3) is 0 Å². The van der Waals surface area contributed by atoms with Crippen LogP contribution in [0, 0.1) is 11.6 Å². The van der Waals surface area contributed by atoms with Crippen LogP contribution in [-0.2, 0) is 6.42 Å². The van der Waals surface area contributed by atoms with Crippen LogP contribution in [0.4, 0.5) is 8.78 Å².